The molecular weight excluding hydrogens is 208 g/mol. The van der Waals surface area contributed by atoms with Gasteiger partial charge in [0.15, 0.2) is 0 Å². The lowest BCUT2D eigenvalue weighted by atomic mass is 9.54. The van der Waals surface area contributed by atoms with Crippen molar-refractivity contribution >= 4 is 5.78 Å². The summed E-state index contributed by atoms with van der Waals surface area (Å²) in [4.78, 5) is 12.3. The van der Waals surface area contributed by atoms with Gasteiger partial charge in [-0.1, -0.05) is 39.0 Å². The van der Waals surface area contributed by atoms with Crippen LogP contribution < -0.4 is 0 Å². The number of ketones is 1. The van der Waals surface area contributed by atoms with Crippen LogP contribution in [0.5, 0.6) is 0 Å². The number of carbonyl (C=O) groups excluding carboxylic acids is 1. The van der Waals surface area contributed by atoms with Gasteiger partial charge >= 0.3 is 0 Å². The van der Waals surface area contributed by atoms with Crippen LogP contribution in [0, 0.1) is 29.6 Å². The molecule has 17 heavy (non-hydrogen) atoms. The molecule has 0 aliphatic heterocycles. The highest BCUT2D eigenvalue weighted by atomic mass is 16.1. The Morgan fingerprint density at radius 2 is 1.88 bits per heavy atom. The zero-order chi connectivity index (χ0) is 11.8. The first-order valence-electron chi connectivity index (χ1n) is 7.84. The fraction of sp³-hybridized carbons (Fsp3) is 0.938. The van der Waals surface area contributed by atoms with E-state index in [0.717, 1.165) is 30.1 Å². The highest BCUT2D eigenvalue weighted by Crippen LogP contribution is 2.52. The van der Waals surface area contributed by atoms with E-state index in [1.165, 1.54) is 51.4 Å². The third-order valence-electron chi connectivity index (χ3n) is 5.96. The van der Waals surface area contributed by atoms with Gasteiger partial charge in [0, 0.05) is 12.3 Å². The summed E-state index contributed by atoms with van der Waals surface area (Å²) in [6, 6.07) is 0. The highest BCUT2D eigenvalue weighted by Gasteiger charge is 2.48. The van der Waals surface area contributed by atoms with Crippen molar-refractivity contribution in [2.24, 2.45) is 29.6 Å². The van der Waals surface area contributed by atoms with Crippen molar-refractivity contribution in [3.8, 4) is 0 Å². The predicted molar refractivity (Wildman–Crippen MR) is 69.7 cm³/mol. The van der Waals surface area contributed by atoms with E-state index in [-0.39, 0.29) is 0 Å². The SMILES string of the molecule is CCC1CCCC2C(=O)CC3CCCCC3C12. The molecule has 5 unspecified atom stereocenters. The summed E-state index contributed by atoms with van der Waals surface area (Å²) < 4.78 is 0. The molecule has 3 aliphatic rings. The highest BCUT2D eigenvalue weighted by molar-refractivity contribution is 5.82. The number of hydrogen-bond donors (Lipinski definition) is 0. The third-order valence-corrected chi connectivity index (χ3v) is 5.96. The van der Waals surface area contributed by atoms with E-state index in [0.29, 0.717) is 11.7 Å². The second-order valence-corrected chi connectivity index (χ2v) is 6.66. The Kier molecular flexibility index (Phi) is 3.28. The molecule has 3 aliphatic carbocycles. The van der Waals surface area contributed by atoms with Crippen molar-refractivity contribution in [2.75, 3.05) is 0 Å². The average Bonchev–Trinajstić information content (AvgIpc) is 2.38. The molecule has 1 heteroatoms. The third kappa shape index (κ3) is 1.96. The number of Topliss-reactive ketones (excluding diaryl/α,β-unsaturated/α-hetero) is 1. The maximum atomic E-state index is 12.3. The van der Waals surface area contributed by atoms with E-state index in [9.17, 15) is 4.79 Å². The molecule has 1 nitrogen and oxygen atoms in total. The molecule has 5 atom stereocenters. The van der Waals surface area contributed by atoms with Crippen LogP contribution in [-0.2, 0) is 4.79 Å². The number of fused-ring (bicyclic) bond motifs is 3. The van der Waals surface area contributed by atoms with Crippen LogP contribution in [0.3, 0.4) is 0 Å². The number of rotatable bonds is 1. The van der Waals surface area contributed by atoms with Crippen molar-refractivity contribution < 1.29 is 4.79 Å². The van der Waals surface area contributed by atoms with Crippen molar-refractivity contribution in [2.45, 2.75) is 64.7 Å². The van der Waals surface area contributed by atoms with Gasteiger partial charge in [0.25, 0.3) is 0 Å². The van der Waals surface area contributed by atoms with Crippen molar-refractivity contribution in [3.63, 3.8) is 0 Å². The molecular formula is C16H26O. The molecule has 0 heterocycles. The first-order chi connectivity index (χ1) is 8.31. The summed E-state index contributed by atoms with van der Waals surface area (Å²) in [5, 5.41) is 0. The smallest absolute Gasteiger partial charge is 0.136 e. The molecule has 3 fully saturated rings. The minimum absolute atomic E-state index is 0.466. The Morgan fingerprint density at radius 1 is 1.06 bits per heavy atom. The summed E-state index contributed by atoms with van der Waals surface area (Å²) >= 11 is 0. The van der Waals surface area contributed by atoms with E-state index in [2.05, 4.69) is 6.92 Å². The molecule has 3 saturated carbocycles. The lowest BCUT2D eigenvalue weighted by Crippen LogP contribution is -2.47. The molecule has 0 saturated heterocycles. The zero-order valence-electron chi connectivity index (χ0n) is 11.2. The normalized spacial score (nSPS) is 46.2. The first kappa shape index (κ1) is 11.7. The average molecular weight is 234 g/mol. The summed E-state index contributed by atoms with van der Waals surface area (Å²) in [6.45, 7) is 2.34. The van der Waals surface area contributed by atoms with Crippen LogP contribution in [0.2, 0.25) is 0 Å². The van der Waals surface area contributed by atoms with Gasteiger partial charge in [0.1, 0.15) is 5.78 Å². The molecule has 0 radical (unpaired) electrons. The molecule has 0 aromatic heterocycles. The summed E-state index contributed by atoms with van der Waals surface area (Å²) in [5.74, 6) is 4.43. The summed E-state index contributed by atoms with van der Waals surface area (Å²) in [6.07, 6.45) is 11.7. The second kappa shape index (κ2) is 4.74. The molecule has 0 aromatic rings. The standard InChI is InChI=1S/C16H26O/c1-2-11-7-5-9-14-15(17)10-12-6-3-4-8-13(12)16(11)14/h11-14,16H,2-10H2,1H3. The lowest BCUT2D eigenvalue weighted by Gasteiger charge is -2.50. The van der Waals surface area contributed by atoms with E-state index in [1.54, 1.807) is 0 Å². The Morgan fingerprint density at radius 3 is 2.71 bits per heavy atom. The Hall–Kier alpha value is -0.330. The first-order valence-corrected chi connectivity index (χ1v) is 7.84. The Bertz CT molecular complexity index is 296. The Balaban J connectivity index is 1.86. The second-order valence-electron chi connectivity index (χ2n) is 6.66. The summed E-state index contributed by atoms with van der Waals surface area (Å²) in [5.41, 5.74) is 0. The van der Waals surface area contributed by atoms with Crippen LogP contribution in [0.15, 0.2) is 0 Å². The van der Waals surface area contributed by atoms with E-state index < -0.39 is 0 Å². The van der Waals surface area contributed by atoms with Gasteiger partial charge in [-0.15, -0.1) is 0 Å². The van der Waals surface area contributed by atoms with Gasteiger partial charge in [-0.05, 0) is 42.9 Å². The number of hydrogen-bond acceptors (Lipinski definition) is 1. The van der Waals surface area contributed by atoms with Gasteiger partial charge in [0.2, 0.25) is 0 Å². The fourth-order valence-corrected chi connectivity index (χ4v) is 5.22. The van der Waals surface area contributed by atoms with E-state index >= 15 is 0 Å². The van der Waals surface area contributed by atoms with E-state index in [1.807, 2.05) is 0 Å². The molecule has 0 aromatic carbocycles. The fourth-order valence-electron chi connectivity index (χ4n) is 5.22. The van der Waals surface area contributed by atoms with Gasteiger partial charge in [0.05, 0.1) is 0 Å². The number of carbonyl (C=O) groups is 1. The maximum Gasteiger partial charge on any atom is 0.136 e. The molecule has 0 N–H and O–H groups in total. The topological polar surface area (TPSA) is 17.1 Å². The monoisotopic (exact) mass is 234 g/mol. The van der Waals surface area contributed by atoms with Gasteiger partial charge < -0.3 is 0 Å². The molecule has 0 spiro atoms. The zero-order valence-corrected chi connectivity index (χ0v) is 11.2. The minimum Gasteiger partial charge on any atom is -0.299 e. The van der Waals surface area contributed by atoms with Crippen molar-refractivity contribution in [1.82, 2.24) is 0 Å². The van der Waals surface area contributed by atoms with Crippen LogP contribution in [0.25, 0.3) is 0 Å². The quantitative estimate of drug-likeness (QED) is 0.664. The van der Waals surface area contributed by atoms with Crippen LogP contribution in [0.4, 0.5) is 0 Å². The van der Waals surface area contributed by atoms with Gasteiger partial charge in [-0.25, -0.2) is 0 Å². The molecule has 0 amide bonds. The minimum atomic E-state index is 0.466. The van der Waals surface area contributed by atoms with Gasteiger partial charge in [-0.3, -0.25) is 4.79 Å². The van der Waals surface area contributed by atoms with E-state index in [4.69, 9.17) is 0 Å². The molecule has 0 bridgehead atoms. The predicted octanol–water partition coefficient (Wildman–Crippen LogP) is 4.21. The lowest BCUT2D eigenvalue weighted by molar-refractivity contribution is -0.137. The van der Waals surface area contributed by atoms with Crippen LogP contribution >= 0.6 is 0 Å². The Labute approximate surface area is 105 Å². The van der Waals surface area contributed by atoms with Crippen LogP contribution in [-0.4, -0.2) is 5.78 Å². The maximum absolute atomic E-state index is 12.3. The van der Waals surface area contributed by atoms with Crippen LogP contribution in [0.1, 0.15) is 64.7 Å². The molecule has 96 valence electrons. The summed E-state index contributed by atoms with van der Waals surface area (Å²) in [7, 11) is 0. The molecule has 3 rings (SSSR count). The van der Waals surface area contributed by atoms with Crippen molar-refractivity contribution in [1.29, 1.82) is 0 Å². The van der Waals surface area contributed by atoms with Gasteiger partial charge in [-0.2, -0.15) is 0 Å². The van der Waals surface area contributed by atoms with Crippen molar-refractivity contribution in [3.05, 3.63) is 0 Å². The largest absolute Gasteiger partial charge is 0.299 e.